The molecule has 0 saturated carbocycles. The van der Waals surface area contributed by atoms with Crippen LogP contribution in [0.5, 0.6) is 0 Å². The van der Waals surface area contributed by atoms with Crippen LogP contribution in [0, 0.1) is 0 Å². The zero-order valence-electron chi connectivity index (χ0n) is 8.46. The van der Waals surface area contributed by atoms with Crippen LogP contribution in [0.1, 0.15) is 5.56 Å². The molecule has 0 unspecified atom stereocenters. The first-order valence-electron chi connectivity index (χ1n) is 4.50. The predicted octanol–water partition coefficient (Wildman–Crippen LogP) is -0.185. The Morgan fingerprint density at radius 3 is 2.56 bits per heavy atom. The quantitative estimate of drug-likeness (QED) is 0.211. The third-order valence-electron chi connectivity index (χ3n) is 1.77. The minimum Gasteiger partial charge on any atom is -0.409 e. The average molecular weight is 223 g/mol. The normalized spacial score (nSPS) is 12.3. The molecule has 0 radical (unpaired) electrons. The van der Waals surface area contributed by atoms with Crippen molar-refractivity contribution in [3.63, 3.8) is 0 Å². The van der Waals surface area contributed by atoms with Gasteiger partial charge in [-0.25, -0.2) is 5.48 Å². The van der Waals surface area contributed by atoms with Crippen molar-refractivity contribution >= 4 is 11.7 Å². The summed E-state index contributed by atoms with van der Waals surface area (Å²) in [4.78, 5) is 0. The highest BCUT2D eigenvalue weighted by atomic mass is 16.5. The zero-order chi connectivity index (χ0) is 11.8. The molecule has 1 aromatic carbocycles. The molecule has 16 heavy (non-hydrogen) atoms. The van der Waals surface area contributed by atoms with Crippen molar-refractivity contribution in [2.45, 2.75) is 6.54 Å². The van der Waals surface area contributed by atoms with Crippen LogP contribution in [0.15, 0.2) is 40.6 Å². The first-order chi connectivity index (χ1) is 7.77. The highest BCUT2D eigenvalue weighted by Gasteiger charge is 2.02. The van der Waals surface area contributed by atoms with Crippen molar-refractivity contribution < 1.29 is 10.4 Å². The lowest BCUT2D eigenvalue weighted by Crippen LogP contribution is -2.36. The number of hydrogen-bond acceptors (Lipinski definition) is 5. The maximum atomic E-state index is 8.63. The fourth-order valence-electron chi connectivity index (χ4n) is 0.993. The van der Waals surface area contributed by atoms with Crippen LogP contribution < -0.4 is 16.6 Å². The predicted molar refractivity (Wildman–Crippen MR) is 59.0 cm³/mol. The molecule has 7 heteroatoms. The molecule has 1 aromatic rings. The summed E-state index contributed by atoms with van der Waals surface area (Å²) in [7, 11) is 0. The van der Waals surface area contributed by atoms with Gasteiger partial charge in [0.15, 0.2) is 0 Å². The fourth-order valence-corrected chi connectivity index (χ4v) is 0.993. The van der Waals surface area contributed by atoms with Gasteiger partial charge in [0.05, 0.1) is 6.54 Å². The second-order valence-corrected chi connectivity index (χ2v) is 2.88. The first kappa shape index (κ1) is 11.8. The van der Waals surface area contributed by atoms with Crippen molar-refractivity contribution in [1.82, 2.24) is 10.9 Å². The van der Waals surface area contributed by atoms with Gasteiger partial charge in [0.2, 0.25) is 11.7 Å². The lowest BCUT2D eigenvalue weighted by molar-refractivity contribution is 0.235. The minimum absolute atomic E-state index is 0.154. The van der Waals surface area contributed by atoms with E-state index >= 15 is 0 Å². The number of benzene rings is 1. The fraction of sp³-hybridized carbons (Fsp3) is 0.111. The molecule has 0 heterocycles. The van der Waals surface area contributed by atoms with E-state index in [9.17, 15) is 0 Å². The van der Waals surface area contributed by atoms with Crippen LogP contribution in [-0.2, 0) is 6.54 Å². The first-order valence-corrected chi connectivity index (χ1v) is 4.50. The summed E-state index contributed by atoms with van der Waals surface area (Å²) in [6, 6.07) is 9.53. The molecule has 0 aliphatic heterocycles. The SMILES string of the molecule is NC(=NO)C(=NNCc1ccccc1)NO. The van der Waals surface area contributed by atoms with Gasteiger partial charge in [-0.3, -0.25) is 5.21 Å². The summed E-state index contributed by atoms with van der Waals surface area (Å²) in [5, 5.41) is 23.4. The summed E-state index contributed by atoms with van der Waals surface area (Å²) in [6.45, 7) is 0.463. The molecule has 6 N–H and O–H groups in total. The van der Waals surface area contributed by atoms with Gasteiger partial charge in [-0.1, -0.05) is 35.5 Å². The second-order valence-electron chi connectivity index (χ2n) is 2.88. The molecule has 0 aromatic heterocycles. The van der Waals surface area contributed by atoms with Gasteiger partial charge >= 0.3 is 0 Å². The van der Waals surface area contributed by atoms with Crippen LogP contribution >= 0.6 is 0 Å². The number of hydroxylamine groups is 1. The summed E-state index contributed by atoms with van der Waals surface area (Å²) in [6.07, 6.45) is 0. The number of oxime groups is 1. The molecule has 0 atom stereocenters. The van der Waals surface area contributed by atoms with Gasteiger partial charge in [-0.2, -0.15) is 5.10 Å². The number of hydrogen-bond donors (Lipinski definition) is 5. The summed E-state index contributed by atoms with van der Waals surface area (Å²) in [5.74, 6) is -0.471. The van der Waals surface area contributed by atoms with Gasteiger partial charge in [0, 0.05) is 0 Å². The molecule has 0 bridgehead atoms. The van der Waals surface area contributed by atoms with E-state index in [1.165, 1.54) is 0 Å². The van der Waals surface area contributed by atoms with Crippen LogP contribution in [0.3, 0.4) is 0 Å². The van der Waals surface area contributed by atoms with Crippen molar-refractivity contribution in [3.8, 4) is 0 Å². The number of nitrogens with two attached hydrogens (primary N) is 1. The Kier molecular flexibility index (Phi) is 4.61. The summed E-state index contributed by atoms with van der Waals surface area (Å²) < 4.78 is 0. The standard InChI is InChI=1S/C9H13N5O2/c10-8(13-15)9(14-16)12-11-6-7-4-2-1-3-5-7/h1-5,11,15-16H,6H2,(H2,10,13)(H,12,14). The lowest BCUT2D eigenvalue weighted by Gasteiger charge is -2.04. The van der Waals surface area contributed by atoms with E-state index < -0.39 is 0 Å². The van der Waals surface area contributed by atoms with Crippen LogP contribution in [0.4, 0.5) is 0 Å². The van der Waals surface area contributed by atoms with Gasteiger partial charge < -0.3 is 16.4 Å². The highest BCUT2D eigenvalue weighted by Crippen LogP contribution is 1.96. The van der Waals surface area contributed by atoms with Gasteiger partial charge in [0.1, 0.15) is 0 Å². The molecule has 1 rings (SSSR count). The third kappa shape index (κ3) is 3.46. The van der Waals surface area contributed by atoms with E-state index in [1.807, 2.05) is 30.3 Å². The molecule has 0 amide bonds. The number of nitrogens with one attached hydrogen (secondary N) is 2. The van der Waals surface area contributed by atoms with E-state index in [0.29, 0.717) is 6.54 Å². The molecule has 0 aliphatic carbocycles. The molecule has 7 nitrogen and oxygen atoms in total. The lowest BCUT2D eigenvalue weighted by atomic mass is 10.2. The Morgan fingerprint density at radius 2 is 2.00 bits per heavy atom. The number of nitrogens with zero attached hydrogens (tertiary/aromatic N) is 2. The topological polar surface area (TPSA) is 115 Å². The van der Waals surface area contributed by atoms with Crippen molar-refractivity contribution in [2.24, 2.45) is 16.0 Å². The maximum Gasteiger partial charge on any atom is 0.215 e. The zero-order valence-corrected chi connectivity index (χ0v) is 8.46. The van der Waals surface area contributed by atoms with E-state index in [0.717, 1.165) is 5.56 Å². The second kappa shape index (κ2) is 6.25. The average Bonchev–Trinajstić information content (AvgIpc) is 2.35. The highest BCUT2D eigenvalue weighted by molar-refractivity contribution is 6.39. The number of rotatable bonds is 3. The van der Waals surface area contributed by atoms with E-state index in [1.54, 1.807) is 5.48 Å². The Bertz CT molecular complexity index is 377. The Labute approximate surface area is 92.2 Å². The number of hydrazone groups is 1. The van der Waals surface area contributed by atoms with Gasteiger partial charge in [-0.15, -0.1) is 0 Å². The van der Waals surface area contributed by atoms with Gasteiger partial charge in [0.25, 0.3) is 0 Å². The molecular formula is C9H13N5O2. The van der Waals surface area contributed by atoms with Crippen LogP contribution in [0.25, 0.3) is 0 Å². The number of amidine groups is 2. The molecular weight excluding hydrogens is 210 g/mol. The molecule has 0 spiro atoms. The van der Waals surface area contributed by atoms with Crippen molar-refractivity contribution in [1.29, 1.82) is 0 Å². The molecule has 0 aliphatic rings. The Balaban J connectivity index is 2.53. The smallest absolute Gasteiger partial charge is 0.215 e. The largest absolute Gasteiger partial charge is 0.409 e. The summed E-state index contributed by atoms with van der Waals surface area (Å²) in [5.41, 5.74) is 10.6. The third-order valence-corrected chi connectivity index (χ3v) is 1.77. The van der Waals surface area contributed by atoms with Crippen LogP contribution in [0.2, 0.25) is 0 Å². The van der Waals surface area contributed by atoms with E-state index in [2.05, 4.69) is 15.7 Å². The van der Waals surface area contributed by atoms with Crippen LogP contribution in [-0.4, -0.2) is 22.1 Å². The molecule has 0 saturated heterocycles. The maximum absolute atomic E-state index is 8.63. The molecule has 0 fully saturated rings. The van der Waals surface area contributed by atoms with E-state index in [-0.39, 0.29) is 11.7 Å². The van der Waals surface area contributed by atoms with Gasteiger partial charge in [-0.05, 0) is 5.56 Å². The Hall–Kier alpha value is -2.28. The molecule has 86 valence electrons. The minimum atomic E-state index is -0.317. The van der Waals surface area contributed by atoms with E-state index in [4.69, 9.17) is 16.1 Å². The van der Waals surface area contributed by atoms with Crippen molar-refractivity contribution in [2.75, 3.05) is 0 Å². The van der Waals surface area contributed by atoms with Crippen molar-refractivity contribution in [3.05, 3.63) is 35.9 Å². The monoisotopic (exact) mass is 223 g/mol. The Morgan fingerprint density at radius 1 is 1.31 bits per heavy atom. The summed E-state index contributed by atoms with van der Waals surface area (Å²) >= 11 is 0.